The van der Waals surface area contributed by atoms with Crippen LogP contribution in [0.15, 0.2) is 29.3 Å². The number of nitrogens with zero attached hydrogens (tertiary/aromatic N) is 1. The highest BCUT2D eigenvalue weighted by atomic mass is 16.5. The maximum absolute atomic E-state index is 5.60. The molecule has 1 aromatic carbocycles. The summed E-state index contributed by atoms with van der Waals surface area (Å²) in [5.74, 6) is 0.803. The molecule has 1 fully saturated rings. The van der Waals surface area contributed by atoms with E-state index in [2.05, 4.69) is 27.8 Å². The highest BCUT2D eigenvalue weighted by Gasteiger charge is 2.15. The molecule has 0 aromatic heterocycles. The first-order valence-electron chi connectivity index (χ1n) is 7.45. The zero-order valence-corrected chi connectivity index (χ0v) is 12.9. The number of guanidine groups is 1. The lowest BCUT2D eigenvalue weighted by atomic mass is 10.1. The summed E-state index contributed by atoms with van der Waals surface area (Å²) in [6.45, 7) is 3.03. The molecule has 0 radical (unpaired) electrons. The van der Waals surface area contributed by atoms with E-state index in [1.54, 1.807) is 14.2 Å². The summed E-state index contributed by atoms with van der Waals surface area (Å²) < 4.78 is 10.8. The van der Waals surface area contributed by atoms with Crippen molar-refractivity contribution < 1.29 is 9.47 Å². The largest absolute Gasteiger partial charge is 0.380 e. The quantitative estimate of drug-likeness (QED) is 0.618. The first kappa shape index (κ1) is 15.8. The number of benzene rings is 1. The van der Waals surface area contributed by atoms with Gasteiger partial charge in [0.1, 0.15) is 0 Å². The van der Waals surface area contributed by atoms with Crippen LogP contribution >= 0.6 is 0 Å². The van der Waals surface area contributed by atoms with Gasteiger partial charge in [-0.15, -0.1) is 0 Å². The minimum Gasteiger partial charge on any atom is -0.380 e. The van der Waals surface area contributed by atoms with E-state index in [0.717, 1.165) is 38.5 Å². The zero-order chi connectivity index (χ0) is 14.9. The SMILES string of the molecule is CN=C(NCc1ccccc1COC)NCC1CCCO1. The molecule has 0 aliphatic carbocycles. The van der Waals surface area contributed by atoms with Crippen LogP contribution in [-0.2, 0) is 22.6 Å². The third-order valence-electron chi connectivity index (χ3n) is 3.61. The van der Waals surface area contributed by atoms with Gasteiger partial charge in [-0.05, 0) is 24.0 Å². The Kier molecular flexibility index (Phi) is 6.50. The van der Waals surface area contributed by atoms with Crippen LogP contribution in [0.1, 0.15) is 24.0 Å². The summed E-state index contributed by atoms with van der Waals surface area (Å²) in [6, 6.07) is 8.26. The fourth-order valence-corrected chi connectivity index (χ4v) is 2.44. The Hall–Kier alpha value is -1.59. The molecule has 1 saturated heterocycles. The van der Waals surface area contributed by atoms with Crippen LogP contribution in [0.2, 0.25) is 0 Å². The monoisotopic (exact) mass is 291 g/mol. The topological polar surface area (TPSA) is 54.9 Å². The summed E-state index contributed by atoms with van der Waals surface area (Å²) in [5, 5.41) is 6.65. The van der Waals surface area contributed by atoms with Crippen molar-refractivity contribution in [3.8, 4) is 0 Å². The molecule has 2 rings (SSSR count). The van der Waals surface area contributed by atoms with Crippen LogP contribution in [-0.4, -0.2) is 39.4 Å². The summed E-state index contributed by atoms with van der Waals surface area (Å²) in [4.78, 5) is 4.25. The van der Waals surface area contributed by atoms with Gasteiger partial charge in [0, 0.05) is 33.9 Å². The Bertz CT molecular complexity index is 457. The number of nitrogens with one attached hydrogen (secondary N) is 2. The molecule has 0 spiro atoms. The first-order valence-corrected chi connectivity index (χ1v) is 7.45. The van der Waals surface area contributed by atoms with Crippen LogP contribution in [0.25, 0.3) is 0 Å². The van der Waals surface area contributed by atoms with Crippen molar-refractivity contribution in [3.05, 3.63) is 35.4 Å². The highest BCUT2D eigenvalue weighted by molar-refractivity contribution is 5.79. The second-order valence-corrected chi connectivity index (χ2v) is 5.14. The van der Waals surface area contributed by atoms with Crippen LogP contribution in [0, 0.1) is 0 Å². The Morgan fingerprint density at radius 2 is 2.14 bits per heavy atom. The zero-order valence-electron chi connectivity index (χ0n) is 12.9. The van der Waals surface area contributed by atoms with E-state index in [1.807, 2.05) is 12.1 Å². The van der Waals surface area contributed by atoms with Crippen LogP contribution in [0.3, 0.4) is 0 Å². The molecule has 1 aliphatic rings. The van der Waals surface area contributed by atoms with Gasteiger partial charge in [-0.3, -0.25) is 4.99 Å². The number of ether oxygens (including phenoxy) is 2. The first-order chi connectivity index (χ1) is 10.3. The van der Waals surface area contributed by atoms with Crippen molar-refractivity contribution in [1.29, 1.82) is 0 Å². The minimum absolute atomic E-state index is 0.310. The fourth-order valence-electron chi connectivity index (χ4n) is 2.44. The lowest BCUT2D eigenvalue weighted by molar-refractivity contribution is 0.114. The van der Waals surface area contributed by atoms with E-state index in [1.165, 1.54) is 11.1 Å². The van der Waals surface area contributed by atoms with Crippen LogP contribution < -0.4 is 10.6 Å². The van der Waals surface area contributed by atoms with Crippen molar-refractivity contribution in [2.45, 2.75) is 32.1 Å². The molecule has 0 saturated carbocycles. The van der Waals surface area contributed by atoms with Gasteiger partial charge < -0.3 is 20.1 Å². The van der Waals surface area contributed by atoms with Crippen molar-refractivity contribution in [2.24, 2.45) is 4.99 Å². The Labute approximate surface area is 126 Å². The van der Waals surface area contributed by atoms with Gasteiger partial charge in [0.2, 0.25) is 0 Å². The van der Waals surface area contributed by atoms with Gasteiger partial charge in [0.25, 0.3) is 0 Å². The maximum Gasteiger partial charge on any atom is 0.191 e. The normalized spacial score (nSPS) is 18.8. The number of methoxy groups -OCH3 is 1. The number of hydrogen-bond acceptors (Lipinski definition) is 3. The molecular formula is C16H25N3O2. The van der Waals surface area contributed by atoms with E-state index in [-0.39, 0.29) is 0 Å². The predicted octanol–water partition coefficient (Wildman–Crippen LogP) is 1.68. The molecule has 5 heteroatoms. The lowest BCUT2D eigenvalue weighted by Crippen LogP contribution is -2.40. The van der Waals surface area contributed by atoms with Crippen molar-refractivity contribution in [2.75, 3.05) is 27.3 Å². The van der Waals surface area contributed by atoms with Gasteiger partial charge in [-0.2, -0.15) is 0 Å². The maximum atomic E-state index is 5.60. The third-order valence-corrected chi connectivity index (χ3v) is 3.61. The van der Waals surface area contributed by atoms with E-state index in [0.29, 0.717) is 12.7 Å². The van der Waals surface area contributed by atoms with E-state index < -0.39 is 0 Å². The predicted molar refractivity (Wildman–Crippen MR) is 84.3 cm³/mol. The Morgan fingerprint density at radius 3 is 2.81 bits per heavy atom. The van der Waals surface area contributed by atoms with E-state index in [9.17, 15) is 0 Å². The second kappa shape index (κ2) is 8.64. The minimum atomic E-state index is 0.310. The Balaban J connectivity index is 1.82. The molecule has 5 nitrogen and oxygen atoms in total. The van der Waals surface area contributed by atoms with E-state index in [4.69, 9.17) is 9.47 Å². The average Bonchev–Trinajstić information content (AvgIpc) is 3.02. The summed E-state index contributed by atoms with van der Waals surface area (Å²) in [6.07, 6.45) is 2.59. The lowest BCUT2D eigenvalue weighted by Gasteiger charge is -2.16. The molecule has 1 atom stereocenters. The van der Waals surface area contributed by atoms with Gasteiger partial charge in [-0.1, -0.05) is 24.3 Å². The average molecular weight is 291 g/mol. The van der Waals surface area contributed by atoms with Gasteiger partial charge in [0.15, 0.2) is 5.96 Å². The Morgan fingerprint density at radius 1 is 1.33 bits per heavy atom. The molecule has 116 valence electrons. The number of hydrogen-bond donors (Lipinski definition) is 2. The van der Waals surface area contributed by atoms with E-state index >= 15 is 0 Å². The standard InChI is InChI=1S/C16H25N3O2/c1-17-16(19-11-15-8-5-9-21-15)18-10-13-6-3-4-7-14(13)12-20-2/h3-4,6-7,15H,5,8-12H2,1-2H3,(H2,17,18,19). The summed E-state index contributed by atoms with van der Waals surface area (Å²) in [7, 11) is 3.50. The van der Waals surface area contributed by atoms with Crippen molar-refractivity contribution in [3.63, 3.8) is 0 Å². The van der Waals surface area contributed by atoms with Crippen LogP contribution in [0.4, 0.5) is 0 Å². The molecule has 1 aromatic rings. The number of rotatable bonds is 6. The van der Waals surface area contributed by atoms with Crippen molar-refractivity contribution >= 4 is 5.96 Å². The van der Waals surface area contributed by atoms with Crippen LogP contribution in [0.5, 0.6) is 0 Å². The molecule has 0 amide bonds. The van der Waals surface area contributed by atoms with Gasteiger partial charge in [-0.25, -0.2) is 0 Å². The molecule has 21 heavy (non-hydrogen) atoms. The number of aliphatic imine (C=N–C) groups is 1. The van der Waals surface area contributed by atoms with Gasteiger partial charge >= 0.3 is 0 Å². The second-order valence-electron chi connectivity index (χ2n) is 5.14. The highest BCUT2D eigenvalue weighted by Crippen LogP contribution is 2.11. The molecule has 1 unspecified atom stereocenters. The summed E-state index contributed by atoms with van der Waals surface area (Å²) in [5.41, 5.74) is 2.42. The van der Waals surface area contributed by atoms with Gasteiger partial charge in [0.05, 0.1) is 12.7 Å². The molecule has 0 bridgehead atoms. The smallest absolute Gasteiger partial charge is 0.191 e. The third kappa shape index (κ3) is 5.02. The molecule has 1 aliphatic heterocycles. The summed E-state index contributed by atoms with van der Waals surface area (Å²) >= 11 is 0. The molecule has 1 heterocycles. The molecule has 2 N–H and O–H groups in total. The fraction of sp³-hybridized carbons (Fsp3) is 0.562. The van der Waals surface area contributed by atoms with Crippen molar-refractivity contribution in [1.82, 2.24) is 10.6 Å². The molecular weight excluding hydrogens is 266 g/mol.